The summed E-state index contributed by atoms with van der Waals surface area (Å²) in [5, 5.41) is 6.51. The first kappa shape index (κ1) is 24.4. The number of anilines is 3. The molecule has 4 heterocycles. The number of hydrogen-bond acceptors (Lipinski definition) is 9. The van der Waals surface area contributed by atoms with Crippen LogP contribution < -0.4 is 22.1 Å². The number of rotatable bonds is 6. The zero-order chi connectivity index (χ0) is 25.9. The molecule has 1 unspecified atom stereocenters. The fraction of sp³-hybridized carbons (Fsp3) is 0.296. The first-order chi connectivity index (χ1) is 18.0. The van der Waals surface area contributed by atoms with Gasteiger partial charge in [0.15, 0.2) is 0 Å². The van der Waals surface area contributed by atoms with Gasteiger partial charge in [-0.15, -0.1) is 0 Å². The van der Waals surface area contributed by atoms with Crippen molar-refractivity contribution < 1.29 is 9.59 Å². The number of nitrogen functional groups attached to an aromatic ring is 1. The van der Waals surface area contributed by atoms with E-state index in [-0.39, 0.29) is 11.9 Å². The van der Waals surface area contributed by atoms with Crippen LogP contribution in [0.4, 0.5) is 17.5 Å². The van der Waals surface area contributed by atoms with Gasteiger partial charge in [0.1, 0.15) is 18.1 Å². The highest BCUT2D eigenvalue weighted by molar-refractivity contribution is 5.80. The molecule has 2 aliphatic rings. The normalized spacial score (nSPS) is 17.1. The molecule has 1 atom stereocenters. The molecule has 190 valence electrons. The Morgan fingerprint density at radius 3 is 2.65 bits per heavy atom. The maximum atomic E-state index is 11.9. The van der Waals surface area contributed by atoms with Gasteiger partial charge >= 0.3 is 0 Å². The monoisotopic (exact) mass is 498 g/mol. The van der Waals surface area contributed by atoms with Crippen molar-refractivity contribution in [3.05, 3.63) is 65.1 Å². The second-order valence-electron chi connectivity index (χ2n) is 9.33. The third kappa shape index (κ3) is 5.01. The van der Waals surface area contributed by atoms with E-state index in [1.54, 1.807) is 25.5 Å². The molecule has 0 bridgehead atoms. The summed E-state index contributed by atoms with van der Waals surface area (Å²) in [6, 6.07) is 7.54. The number of hydrogen-bond donors (Lipinski definition) is 4. The number of carbonyl (C=O) groups is 2. The van der Waals surface area contributed by atoms with Crippen molar-refractivity contribution in [3.8, 4) is 11.3 Å². The van der Waals surface area contributed by atoms with Crippen molar-refractivity contribution in [1.29, 1.82) is 0 Å². The first-order valence-corrected chi connectivity index (χ1v) is 12.3. The summed E-state index contributed by atoms with van der Waals surface area (Å²) in [6.45, 7) is 3.53. The van der Waals surface area contributed by atoms with Gasteiger partial charge in [-0.3, -0.25) is 4.79 Å². The SMILES string of the molecule is CC(=O)N1CCC(c2ccc(Nc3nc(-c4cnc(N)nc4)cc4c3C(C=O)NC=C4)cc2CN)CC1. The first-order valence-electron chi connectivity index (χ1n) is 12.3. The molecular formula is C27H30N8O2. The third-order valence-corrected chi connectivity index (χ3v) is 7.05. The number of aldehydes is 1. The summed E-state index contributed by atoms with van der Waals surface area (Å²) in [5.74, 6) is 1.23. The Labute approximate surface area is 215 Å². The van der Waals surface area contributed by atoms with Gasteiger partial charge in [0.25, 0.3) is 0 Å². The van der Waals surface area contributed by atoms with Crippen LogP contribution in [0.2, 0.25) is 0 Å². The van der Waals surface area contributed by atoms with Gasteiger partial charge in [-0.1, -0.05) is 6.07 Å². The predicted octanol–water partition coefficient (Wildman–Crippen LogP) is 2.86. The van der Waals surface area contributed by atoms with Crippen molar-refractivity contribution in [1.82, 2.24) is 25.2 Å². The number of carbonyl (C=O) groups excluding carboxylic acids is 2. The molecule has 0 aliphatic carbocycles. The van der Waals surface area contributed by atoms with Gasteiger partial charge in [0.05, 0.1) is 5.69 Å². The number of nitrogens with zero attached hydrogens (tertiary/aromatic N) is 4. The maximum Gasteiger partial charge on any atom is 0.219 e. The zero-order valence-corrected chi connectivity index (χ0v) is 20.6. The van der Waals surface area contributed by atoms with Gasteiger partial charge in [-0.25, -0.2) is 15.0 Å². The van der Waals surface area contributed by atoms with Crippen LogP contribution in [0, 0.1) is 0 Å². The van der Waals surface area contributed by atoms with E-state index in [1.807, 2.05) is 29.2 Å². The molecule has 1 saturated heterocycles. The lowest BCUT2D eigenvalue weighted by atomic mass is 9.86. The highest BCUT2D eigenvalue weighted by atomic mass is 16.2. The minimum atomic E-state index is -0.536. The molecule has 0 saturated carbocycles. The van der Waals surface area contributed by atoms with Crippen molar-refractivity contribution in [2.45, 2.75) is 38.3 Å². The summed E-state index contributed by atoms with van der Waals surface area (Å²) in [7, 11) is 0. The molecule has 37 heavy (non-hydrogen) atoms. The summed E-state index contributed by atoms with van der Waals surface area (Å²) in [6.07, 6.45) is 9.61. The van der Waals surface area contributed by atoms with Crippen LogP contribution in [-0.2, 0) is 16.1 Å². The quantitative estimate of drug-likeness (QED) is 0.376. The third-order valence-electron chi connectivity index (χ3n) is 7.05. The molecule has 6 N–H and O–H groups in total. The smallest absolute Gasteiger partial charge is 0.219 e. The molecule has 0 radical (unpaired) electrons. The van der Waals surface area contributed by atoms with Crippen LogP contribution in [0.15, 0.2) is 42.9 Å². The summed E-state index contributed by atoms with van der Waals surface area (Å²) >= 11 is 0. The molecule has 1 fully saturated rings. The average molecular weight is 499 g/mol. The lowest BCUT2D eigenvalue weighted by Gasteiger charge is -2.32. The fourth-order valence-corrected chi connectivity index (χ4v) is 5.09. The molecule has 2 aromatic heterocycles. The largest absolute Gasteiger partial charge is 0.378 e. The molecular weight excluding hydrogens is 468 g/mol. The van der Waals surface area contributed by atoms with E-state index in [2.05, 4.69) is 26.7 Å². The number of likely N-dealkylation sites (tertiary alicyclic amines) is 1. The second-order valence-corrected chi connectivity index (χ2v) is 9.33. The van der Waals surface area contributed by atoms with E-state index in [1.165, 1.54) is 5.56 Å². The average Bonchev–Trinajstić information content (AvgIpc) is 2.93. The van der Waals surface area contributed by atoms with Crippen molar-refractivity contribution in [2.24, 2.45) is 5.73 Å². The number of nitrogens with one attached hydrogen (secondary N) is 2. The van der Waals surface area contributed by atoms with Crippen molar-refractivity contribution in [2.75, 3.05) is 24.1 Å². The molecule has 1 aromatic carbocycles. The Morgan fingerprint density at radius 1 is 1.22 bits per heavy atom. The summed E-state index contributed by atoms with van der Waals surface area (Å²) < 4.78 is 0. The Hall–Kier alpha value is -4.31. The molecule has 0 spiro atoms. The van der Waals surface area contributed by atoms with Crippen LogP contribution in [0.25, 0.3) is 17.3 Å². The summed E-state index contributed by atoms with van der Waals surface area (Å²) in [4.78, 5) is 38.5. The van der Waals surface area contributed by atoms with Gasteiger partial charge in [0, 0.05) is 55.8 Å². The molecule has 3 aromatic rings. The van der Waals surface area contributed by atoms with E-state index < -0.39 is 6.04 Å². The lowest BCUT2D eigenvalue weighted by Crippen LogP contribution is -2.36. The van der Waals surface area contributed by atoms with Crippen molar-refractivity contribution in [3.63, 3.8) is 0 Å². The van der Waals surface area contributed by atoms with Crippen LogP contribution in [0.3, 0.4) is 0 Å². The number of fused-ring (bicyclic) bond motifs is 1. The molecule has 2 aliphatic heterocycles. The van der Waals surface area contributed by atoms with Crippen LogP contribution >= 0.6 is 0 Å². The standard InChI is InChI=1S/C27H30N8O2/c1-16(37)35-8-5-17(6-9-35)22-3-2-21(10-19(22)12-28)33-26-25-18(4-7-30-24(25)15-36)11-23(34-26)20-13-31-27(29)32-14-20/h2-4,7,10-11,13-15,17,24,30H,5-6,8-9,12,28H2,1H3,(H,33,34)(H2,29,31,32). The fourth-order valence-electron chi connectivity index (χ4n) is 5.09. The summed E-state index contributed by atoms with van der Waals surface area (Å²) in [5.41, 5.74) is 17.9. The lowest BCUT2D eigenvalue weighted by molar-refractivity contribution is -0.129. The highest BCUT2D eigenvalue weighted by Crippen LogP contribution is 2.36. The van der Waals surface area contributed by atoms with Gasteiger partial charge < -0.3 is 31.8 Å². The van der Waals surface area contributed by atoms with Gasteiger partial charge in [0.2, 0.25) is 11.9 Å². The molecule has 10 nitrogen and oxygen atoms in total. The van der Waals surface area contributed by atoms with Crippen molar-refractivity contribution >= 4 is 35.7 Å². The van der Waals surface area contributed by atoms with Gasteiger partial charge in [-0.2, -0.15) is 0 Å². The number of piperidine rings is 1. The zero-order valence-electron chi connectivity index (χ0n) is 20.6. The number of aromatic nitrogens is 3. The van der Waals surface area contributed by atoms with E-state index in [0.717, 1.165) is 54.6 Å². The maximum absolute atomic E-state index is 11.9. The number of nitrogens with two attached hydrogens (primary N) is 2. The van der Waals surface area contributed by atoms with Crippen LogP contribution in [-0.4, -0.2) is 45.1 Å². The Kier molecular flexibility index (Phi) is 6.82. The second kappa shape index (κ2) is 10.4. The number of pyridine rings is 1. The number of benzene rings is 1. The molecule has 5 rings (SSSR count). The Bertz CT molecular complexity index is 1350. The Balaban J connectivity index is 1.48. The van der Waals surface area contributed by atoms with E-state index in [0.29, 0.717) is 29.5 Å². The van der Waals surface area contributed by atoms with Crippen LogP contribution in [0.1, 0.15) is 54.0 Å². The Morgan fingerprint density at radius 2 is 1.97 bits per heavy atom. The van der Waals surface area contributed by atoms with E-state index >= 15 is 0 Å². The minimum Gasteiger partial charge on any atom is -0.378 e. The predicted molar refractivity (Wildman–Crippen MR) is 142 cm³/mol. The topological polar surface area (TPSA) is 152 Å². The van der Waals surface area contributed by atoms with Gasteiger partial charge in [-0.05, 0) is 65.9 Å². The molecule has 1 amide bonds. The molecule has 10 heteroatoms. The van der Waals surface area contributed by atoms with E-state index in [4.69, 9.17) is 16.5 Å². The minimum absolute atomic E-state index is 0.124. The van der Waals surface area contributed by atoms with Crippen LogP contribution in [0.5, 0.6) is 0 Å². The highest BCUT2D eigenvalue weighted by Gasteiger charge is 2.25. The van der Waals surface area contributed by atoms with E-state index in [9.17, 15) is 9.59 Å². The number of amides is 1.